The average Bonchev–Trinajstić information content (AvgIpc) is 2.56. The van der Waals surface area contributed by atoms with E-state index < -0.39 is 34.4 Å². The summed E-state index contributed by atoms with van der Waals surface area (Å²) in [5, 5.41) is 8.64. The standard InChI is InChI=1S/C10H12ClF2NO4S2/c1-5-6(3-7(11)19-5)20(17,18)14-10(2,9(12)13)4-8(15)16/h3,9,14H,4H2,1-2H3,(H,15,16). The second-order valence-electron chi connectivity index (χ2n) is 4.37. The molecule has 0 aliphatic carbocycles. The quantitative estimate of drug-likeness (QED) is 0.828. The first-order valence-corrected chi connectivity index (χ1v) is 7.95. The summed E-state index contributed by atoms with van der Waals surface area (Å²) in [4.78, 5) is 10.7. The number of halogens is 3. The zero-order valence-corrected chi connectivity index (χ0v) is 12.9. The molecular formula is C10H12ClF2NO4S2. The summed E-state index contributed by atoms with van der Waals surface area (Å²) in [6.07, 6.45) is -4.22. The second kappa shape index (κ2) is 5.92. The molecule has 1 atom stereocenters. The number of carboxylic acid groups (broad SMARTS) is 1. The third-order valence-electron chi connectivity index (χ3n) is 2.50. The van der Waals surface area contributed by atoms with E-state index in [1.165, 1.54) is 6.92 Å². The molecule has 20 heavy (non-hydrogen) atoms. The van der Waals surface area contributed by atoms with Crippen LogP contribution in [-0.2, 0) is 14.8 Å². The molecule has 5 nitrogen and oxygen atoms in total. The number of carbonyl (C=O) groups is 1. The highest BCUT2D eigenvalue weighted by Gasteiger charge is 2.41. The monoisotopic (exact) mass is 347 g/mol. The van der Waals surface area contributed by atoms with E-state index in [0.29, 0.717) is 4.88 Å². The molecule has 0 aromatic carbocycles. The maximum absolute atomic E-state index is 13.0. The van der Waals surface area contributed by atoms with E-state index in [2.05, 4.69) is 0 Å². The van der Waals surface area contributed by atoms with Crippen LogP contribution in [-0.4, -0.2) is 31.5 Å². The number of aliphatic carboxylic acids is 1. The number of thiophene rings is 1. The van der Waals surface area contributed by atoms with Crippen LogP contribution in [0.25, 0.3) is 0 Å². The second-order valence-corrected chi connectivity index (χ2v) is 7.90. The largest absolute Gasteiger partial charge is 0.481 e. The lowest BCUT2D eigenvalue weighted by molar-refractivity contribution is -0.140. The van der Waals surface area contributed by atoms with Gasteiger partial charge in [-0.1, -0.05) is 11.6 Å². The molecule has 0 amide bonds. The lowest BCUT2D eigenvalue weighted by Crippen LogP contribution is -2.52. The molecular weight excluding hydrogens is 336 g/mol. The third kappa shape index (κ3) is 3.87. The van der Waals surface area contributed by atoms with Crippen LogP contribution in [0.15, 0.2) is 11.0 Å². The molecule has 1 aromatic rings. The zero-order valence-electron chi connectivity index (χ0n) is 10.5. The van der Waals surface area contributed by atoms with Gasteiger partial charge < -0.3 is 5.11 Å². The summed E-state index contributed by atoms with van der Waals surface area (Å²) in [5.41, 5.74) is -2.40. The van der Waals surface area contributed by atoms with Crippen molar-refractivity contribution in [2.24, 2.45) is 0 Å². The number of aryl methyl sites for hydroxylation is 1. The van der Waals surface area contributed by atoms with Gasteiger partial charge in [0.1, 0.15) is 5.54 Å². The molecule has 1 heterocycles. The van der Waals surface area contributed by atoms with Crippen LogP contribution in [0.2, 0.25) is 4.34 Å². The lowest BCUT2D eigenvalue weighted by atomic mass is 10.0. The minimum atomic E-state index is -4.29. The Balaban J connectivity index is 3.16. The van der Waals surface area contributed by atoms with E-state index in [9.17, 15) is 22.0 Å². The highest BCUT2D eigenvalue weighted by molar-refractivity contribution is 7.89. The van der Waals surface area contributed by atoms with Crippen LogP contribution in [0.4, 0.5) is 8.78 Å². The Bertz CT molecular complexity index is 617. The van der Waals surface area contributed by atoms with Gasteiger partial charge in [0.2, 0.25) is 10.0 Å². The van der Waals surface area contributed by atoms with Gasteiger partial charge in [-0.05, 0) is 19.9 Å². The summed E-state index contributed by atoms with van der Waals surface area (Å²) < 4.78 is 52.1. The molecule has 2 N–H and O–H groups in total. The van der Waals surface area contributed by atoms with Crippen LogP contribution in [0.1, 0.15) is 18.2 Å². The summed E-state index contributed by atoms with van der Waals surface area (Å²) in [6.45, 7) is 2.31. The Morgan fingerprint density at radius 3 is 2.50 bits per heavy atom. The molecule has 0 saturated carbocycles. The number of rotatable bonds is 6. The number of hydrogen-bond donors (Lipinski definition) is 2. The van der Waals surface area contributed by atoms with E-state index in [4.69, 9.17) is 16.7 Å². The van der Waals surface area contributed by atoms with Crippen molar-refractivity contribution >= 4 is 38.9 Å². The van der Waals surface area contributed by atoms with Crippen molar-refractivity contribution in [1.82, 2.24) is 4.72 Å². The fourth-order valence-corrected chi connectivity index (χ4v) is 4.75. The SMILES string of the molecule is Cc1sc(Cl)cc1S(=O)(=O)NC(C)(CC(=O)O)C(F)F. The van der Waals surface area contributed by atoms with Crippen molar-refractivity contribution in [2.45, 2.75) is 37.1 Å². The average molecular weight is 348 g/mol. The Labute approximate surface area is 123 Å². The zero-order chi connectivity index (χ0) is 15.7. The third-order valence-corrected chi connectivity index (χ3v) is 5.55. The number of alkyl halides is 2. The molecule has 0 saturated heterocycles. The van der Waals surface area contributed by atoms with E-state index in [1.54, 1.807) is 4.72 Å². The van der Waals surface area contributed by atoms with E-state index >= 15 is 0 Å². The molecule has 0 bridgehead atoms. The Morgan fingerprint density at radius 2 is 2.15 bits per heavy atom. The predicted molar refractivity (Wildman–Crippen MR) is 71.0 cm³/mol. The number of sulfonamides is 1. The summed E-state index contributed by atoms with van der Waals surface area (Å²) >= 11 is 6.66. The van der Waals surface area contributed by atoms with Gasteiger partial charge in [0.05, 0.1) is 15.7 Å². The summed E-state index contributed by atoms with van der Waals surface area (Å²) in [6, 6.07) is 1.14. The molecule has 0 fully saturated rings. The minimum Gasteiger partial charge on any atom is -0.481 e. The molecule has 114 valence electrons. The number of carboxylic acids is 1. The maximum atomic E-state index is 13.0. The molecule has 1 aromatic heterocycles. The van der Waals surface area contributed by atoms with Crippen LogP contribution < -0.4 is 4.72 Å². The smallest absolute Gasteiger partial charge is 0.305 e. The molecule has 1 unspecified atom stereocenters. The summed E-state index contributed by atoms with van der Waals surface area (Å²) in [5.74, 6) is -1.53. The maximum Gasteiger partial charge on any atom is 0.305 e. The first-order chi connectivity index (χ1) is 8.98. The van der Waals surface area contributed by atoms with Gasteiger partial charge >= 0.3 is 5.97 Å². The van der Waals surface area contributed by atoms with E-state index in [-0.39, 0.29) is 9.23 Å². The van der Waals surface area contributed by atoms with Gasteiger partial charge in [-0.15, -0.1) is 11.3 Å². The van der Waals surface area contributed by atoms with Crippen molar-refractivity contribution in [2.75, 3.05) is 0 Å². The van der Waals surface area contributed by atoms with Gasteiger partial charge in [-0.25, -0.2) is 17.2 Å². The van der Waals surface area contributed by atoms with Gasteiger partial charge in [-0.2, -0.15) is 4.72 Å². The molecule has 0 aliphatic rings. The Kier molecular flexibility index (Phi) is 5.12. The van der Waals surface area contributed by atoms with Crippen LogP contribution in [0.3, 0.4) is 0 Å². The van der Waals surface area contributed by atoms with Crippen molar-refractivity contribution in [3.8, 4) is 0 Å². The van der Waals surface area contributed by atoms with Crippen LogP contribution in [0.5, 0.6) is 0 Å². The number of hydrogen-bond acceptors (Lipinski definition) is 4. The lowest BCUT2D eigenvalue weighted by Gasteiger charge is -2.27. The van der Waals surface area contributed by atoms with Gasteiger partial charge in [0.25, 0.3) is 6.43 Å². The van der Waals surface area contributed by atoms with Gasteiger partial charge in [-0.3, -0.25) is 4.79 Å². The van der Waals surface area contributed by atoms with Crippen molar-refractivity contribution < 1.29 is 27.1 Å². The van der Waals surface area contributed by atoms with Crippen molar-refractivity contribution in [1.29, 1.82) is 0 Å². The molecule has 0 spiro atoms. The molecule has 0 aliphatic heterocycles. The summed E-state index contributed by atoms with van der Waals surface area (Å²) in [7, 11) is -4.29. The first-order valence-electron chi connectivity index (χ1n) is 5.28. The van der Waals surface area contributed by atoms with Gasteiger partial charge in [0, 0.05) is 4.88 Å². The Hall–Kier alpha value is -0.770. The minimum absolute atomic E-state index is 0.194. The fraction of sp³-hybridized carbons (Fsp3) is 0.500. The van der Waals surface area contributed by atoms with Crippen molar-refractivity contribution in [3.63, 3.8) is 0 Å². The van der Waals surface area contributed by atoms with E-state index in [1.807, 2.05) is 0 Å². The first kappa shape index (κ1) is 17.3. The van der Waals surface area contributed by atoms with Crippen molar-refractivity contribution in [3.05, 3.63) is 15.3 Å². The normalized spacial score (nSPS) is 15.3. The Morgan fingerprint density at radius 1 is 1.60 bits per heavy atom. The molecule has 0 radical (unpaired) electrons. The fourth-order valence-electron chi connectivity index (χ4n) is 1.53. The van der Waals surface area contributed by atoms with Crippen LogP contribution in [0, 0.1) is 6.92 Å². The highest BCUT2D eigenvalue weighted by atomic mass is 35.5. The molecule has 10 heteroatoms. The van der Waals surface area contributed by atoms with E-state index in [0.717, 1.165) is 24.3 Å². The topological polar surface area (TPSA) is 83.5 Å². The predicted octanol–water partition coefficient (Wildman–Crippen LogP) is 2.49. The van der Waals surface area contributed by atoms with Crippen LogP contribution >= 0.6 is 22.9 Å². The number of nitrogens with one attached hydrogen (secondary N) is 1. The van der Waals surface area contributed by atoms with Gasteiger partial charge in [0.15, 0.2) is 0 Å². The highest BCUT2D eigenvalue weighted by Crippen LogP contribution is 2.31. The molecule has 1 rings (SSSR count).